The zero-order valence-corrected chi connectivity index (χ0v) is 15.0. The summed E-state index contributed by atoms with van der Waals surface area (Å²) in [6, 6.07) is 15.5. The summed E-state index contributed by atoms with van der Waals surface area (Å²) in [5.74, 6) is -0.130. The van der Waals surface area contributed by atoms with Crippen LogP contribution in [-0.4, -0.2) is 11.9 Å². The second-order valence-electron chi connectivity index (χ2n) is 5.42. The molecule has 0 fully saturated rings. The molecule has 0 aliphatic carbocycles. The number of benzene rings is 2. The highest BCUT2D eigenvalue weighted by Crippen LogP contribution is 2.14. The maximum Gasteiger partial charge on any atom is 0.241 e. The van der Waals surface area contributed by atoms with Crippen molar-refractivity contribution in [2.45, 2.75) is 32.7 Å². The van der Waals surface area contributed by atoms with Crippen LogP contribution in [0.4, 0.5) is 5.69 Å². The van der Waals surface area contributed by atoms with Gasteiger partial charge in [-0.15, -0.1) is 24.8 Å². The average molecular weight is 355 g/mol. The summed E-state index contributed by atoms with van der Waals surface area (Å²) in [6.07, 6.45) is 1.45. The summed E-state index contributed by atoms with van der Waals surface area (Å²) in [6.45, 7) is 4.08. The molecule has 1 amide bonds. The van der Waals surface area contributed by atoms with Crippen molar-refractivity contribution in [1.29, 1.82) is 0 Å². The predicted molar refractivity (Wildman–Crippen MR) is 102 cm³/mol. The number of aryl methyl sites for hydroxylation is 3. The lowest BCUT2D eigenvalue weighted by molar-refractivity contribution is -0.117. The van der Waals surface area contributed by atoms with Crippen LogP contribution in [-0.2, 0) is 11.2 Å². The van der Waals surface area contributed by atoms with Crippen molar-refractivity contribution >= 4 is 36.4 Å². The Hall–Kier alpha value is -1.55. The summed E-state index contributed by atoms with van der Waals surface area (Å²) in [4.78, 5) is 12.1. The fraction of sp³-hybridized carbons (Fsp3) is 0.278. The number of halogens is 2. The molecule has 0 aliphatic heterocycles. The number of nitrogens with one attached hydrogen (secondary N) is 1. The molecule has 0 heterocycles. The smallest absolute Gasteiger partial charge is 0.241 e. The number of amides is 1. The van der Waals surface area contributed by atoms with Crippen molar-refractivity contribution in [3.8, 4) is 0 Å². The molecule has 0 bridgehead atoms. The van der Waals surface area contributed by atoms with Gasteiger partial charge in [-0.2, -0.15) is 0 Å². The number of carbonyl (C=O) groups is 1. The van der Waals surface area contributed by atoms with E-state index in [9.17, 15) is 4.79 Å². The third-order valence-electron chi connectivity index (χ3n) is 3.70. The van der Waals surface area contributed by atoms with Crippen LogP contribution >= 0.6 is 24.8 Å². The minimum absolute atomic E-state index is 0. The number of carbonyl (C=O) groups excluding carboxylic acids is 1. The van der Waals surface area contributed by atoms with Crippen molar-refractivity contribution in [2.24, 2.45) is 5.73 Å². The van der Waals surface area contributed by atoms with Gasteiger partial charge in [0, 0.05) is 5.69 Å². The van der Waals surface area contributed by atoms with E-state index in [1.54, 1.807) is 0 Å². The standard InChI is InChI=1S/C18H22N2O.2ClH/c1-13-8-10-16(12-14(13)2)20-18(21)17(19)11-9-15-6-4-3-5-7-15;;/h3-8,10,12,17H,9,11,19H2,1-2H3,(H,20,21);2*1H/t17-;;/m0../s1. The van der Waals surface area contributed by atoms with E-state index in [2.05, 4.69) is 5.32 Å². The molecule has 0 spiro atoms. The number of hydrogen-bond acceptors (Lipinski definition) is 2. The van der Waals surface area contributed by atoms with Gasteiger partial charge >= 0.3 is 0 Å². The van der Waals surface area contributed by atoms with E-state index in [-0.39, 0.29) is 30.7 Å². The normalized spacial score (nSPS) is 10.9. The van der Waals surface area contributed by atoms with Crippen LogP contribution < -0.4 is 11.1 Å². The fourth-order valence-electron chi connectivity index (χ4n) is 2.15. The van der Waals surface area contributed by atoms with Gasteiger partial charge in [-0.3, -0.25) is 4.79 Å². The zero-order valence-electron chi connectivity index (χ0n) is 13.4. The quantitative estimate of drug-likeness (QED) is 0.850. The van der Waals surface area contributed by atoms with E-state index in [4.69, 9.17) is 5.73 Å². The monoisotopic (exact) mass is 354 g/mol. The molecule has 2 aromatic rings. The third-order valence-corrected chi connectivity index (χ3v) is 3.70. The van der Waals surface area contributed by atoms with Crippen molar-refractivity contribution in [1.82, 2.24) is 0 Å². The van der Waals surface area contributed by atoms with E-state index >= 15 is 0 Å². The van der Waals surface area contributed by atoms with Crippen LogP contribution in [0, 0.1) is 13.8 Å². The van der Waals surface area contributed by atoms with Gasteiger partial charge < -0.3 is 11.1 Å². The van der Waals surface area contributed by atoms with E-state index in [0.717, 1.165) is 17.7 Å². The van der Waals surface area contributed by atoms with Crippen LogP contribution in [0.5, 0.6) is 0 Å². The first-order valence-corrected chi connectivity index (χ1v) is 7.24. The molecule has 0 saturated heterocycles. The lowest BCUT2D eigenvalue weighted by atomic mass is 10.0. The SMILES string of the molecule is Cc1ccc(NC(=O)[C@@H](N)CCc2ccccc2)cc1C.Cl.Cl. The minimum Gasteiger partial charge on any atom is -0.325 e. The second kappa shape index (κ2) is 10.3. The van der Waals surface area contributed by atoms with Gasteiger partial charge in [0.2, 0.25) is 5.91 Å². The van der Waals surface area contributed by atoms with Gasteiger partial charge in [0.15, 0.2) is 0 Å². The Kier molecular flexibility index (Phi) is 9.58. The van der Waals surface area contributed by atoms with Crippen LogP contribution in [0.2, 0.25) is 0 Å². The first-order valence-electron chi connectivity index (χ1n) is 7.24. The van der Waals surface area contributed by atoms with Gasteiger partial charge in [0.25, 0.3) is 0 Å². The Labute approximate surface area is 150 Å². The number of anilines is 1. The average Bonchev–Trinajstić information content (AvgIpc) is 2.49. The van der Waals surface area contributed by atoms with Gasteiger partial charge in [0.05, 0.1) is 6.04 Å². The van der Waals surface area contributed by atoms with Gasteiger partial charge in [-0.05, 0) is 55.5 Å². The van der Waals surface area contributed by atoms with E-state index in [1.165, 1.54) is 11.1 Å². The molecule has 0 aromatic heterocycles. The first-order chi connectivity index (χ1) is 10.1. The fourth-order valence-corrected chi connectivity index (χ4v) is 2.15. The molecule has 0 saturated carbocycles. The highest BCUT2D eigenvalue weighted by atomic mass is 35.5. The van der Waals surface area contributed by atoms with Crippen molar-refractivity contribution < 1.29 is 4.79 Å². The van der Waals surface area contributed by atoms with E-state index in [0.29, 0.717) is 6.42 Å². The highest BCUT2D eigenvalue weighted by Gasteiger charge is 2.13. The Morgan fingerprint density at radius 3 is 2.30 bits per heavy atom. The molecule has 3 N–H and O–H groups in total. The summed E-state index contributed by atoms with van der Waals surface area (Å²) in [7, 11) is 0. The highest BCUT2D eigenvalue weighted by molar-refractivity contribution is 5.94. The van der Waals surface area contributed by atoms with Crippen LogP contribution in [0.3, 0.4) is 0 Å². The van der Waals surface area contributed by atoms with E-state index in [1.807, 2.05) is 62.4 Å². The molecular formula is C18H24Cl2N2O. The van der Waals surface area contributed by atoms with Crippen molar-refractivity contribution in [3.05, 3.63) is 65.2 Å². The maximum absolute atomic E-state index is 12.1. The largest absolute Gasteiger partial charge is 0.325 e. The molecule has 23 heavy (non-hydrogen) atoms. The molecule has 0 unspecified atom stereocenters. The van der Waals surface area contributed by atoms with Gasteiger partial charge in [-0.25, -0.2) is 0 Å². The minimum atomic E-state index is -0.494. The van der Waals surface area contributed by atoms with Gasteiger partial charge in [0.1, 0.15) is 0 Å². The molecule has 2 aromatic carbocycles. The number of hydrogen-bond donors (Lipinski definition) is 2. The topological polar surface area (TPSA) is 55.1 Å². The van der Waals surface area contributed by atoms with E-state index < -0.39 is 6.04 Å². The van der Waals surface area contributed by atoms with Gasteiger partial charge in [-0.1, -0.05) is 36.4 Å². The Bertz CT molecular complexity index is 618. The molecule has 1 atom stereocenters. The summed E-state index contributed by atoms with van der Waals surface area (Å²) in [5.41, 5.74) is 10.3. The van der Waals surface area contributed by atoms with Crippen molar-refractivity contribution in [2.75, 3.05) is 5.32 Å². The zero-order chi connectivity index (χ0) is 15.2. The Balaban J connectivity index is 0.00000242. The predicted octanol–water partition coefficient (Wildman–Crippen LogP) is 4.05. The van der Waals surface area contributed by atoms with Crippen molar-refractivity contribution in [3.63, 3.8) is 0 Å². The second-order valence-corrected chi connectivity index (χ2v) is 5.42. The molecule has 126 valence electrons. The Morgan fingerprint density at radius 1 is 1.04 bits per heavy atom. The molecule has 0 aliphatic rings. The first kappa shape index (κ1) is 21.4. The molecule has 5 heteroatoms. The lowest BCUT2D eigenvalue weighted by Gasteiger charge is -2.13. The molecular weight excluding hydrogens is 331 g/mol. The van der Waals surface area contributed by atoms with Crippen LogP contribution in [0.1, 0.15) is 23.1 Å². The summed E-state index contributed by atoms with van der Waals surface area (Å²) >= 11 is 0. The Morgan fingerprint density at radius 2 is 1.70 bits per heavy atom. The third kappa shape index (κ3) is 6.61. The summed E-state index contributed by atoms with van der Waals surface area (Å²) < 4.78 is 0. The molecule has 3 nitrogen and oxygen atoms in total. The van der Waals surface area contributed by atoms with Crippen LogP contribution in [0.15, 0.2) is 48.5 Å². The molecule has 2 rings (SSSR count). The summed E-state index contributed by atoms with van der Waals surface area (Å²) in [5, 5.41) is 2.88. The maximum atomic E-state index is 12.1. The lowest BCUT2D eigenvalue weighted by Crippen LogP contribution is -2.36. The number of rotatable bonds is 5. The molecule has 0 radical (unpaired) electrons. The number of nitrogens with two attached hydrogens (primary N) is 1. The van der Waals surface area contributed by atoms with Crippen LogP contribution in [0.25, 0.3) is 0 Å².